The van der Waals surface area contributed by atoms with Gasteiger partial charge in [-0.15, -0.1) is 0 Å². The Bertz CT molecular complexity index is 135. The number of esters is 1. The van der Waals surface area contributed by atoms with E-state index in [1.165, 1.54) is 32.1 Å². The van der Waals surface area contributed by atoms with Crippen molar-refractivity contribution in [2.75, 3.05) is 0 Å². The second-order valence-electron chi connectivity index (χ2n) is 3.52. The first-order valence-corrected chi connectivity index (χ1v) is 5.02. The lowest BCUT2D eigenvalue weighted by Gasteiger charge is -2.25. The van der Waals surface area contributed by atoms with E-state index in [1.54, 1.807) is 0 Å². The van der Waals surface area contributed by atoms with Gasteiger partial charge in [0.05, 0.1) is 6.42 Å². The molecule has 1 aliphatic heterocycles. The number of hydrogen-bond donors (Lipinski definition) is 0. The zero-order valence-electron chi connectivity index (χ0n) is 7.84. The summed E-state index contributed by atoms with van der Waals surface area (Å²) in [6.07, 6.45) is 8.47. The molecule has 1 saturated heterocycles. The molecule has 0 saturated carbocycles. The van der Waals surface area contributed by atoms with Crippen LogP contribution in [0.15, 0.2) is 0 Å². The molecule has 2 nitrogen and oxygen atoms in total. The van der Waals surface area contributed by atoms with Crippen LogP contribution in [-0.4, -0.2) is 12.1 Å². The molecule has 0 unspecified atom stereocenters. The van der Waals surface area contributed by atoms with E-state index < -0.39 is 0 Å². The van der Waals surface area contributed by atoms with Gasteiger partial charge in [-0.25, -0.2) is 0 Å². The van der Waals surface area contributed by atoms with Crippen molar-refractivity contribution >= 4 is 5.97 Å². The standard InChI is InChI=1S/C10H18O2/c1-2-3-4-5-6-7-9-8-10(11)12-9/h9H,2-8H2,1H3/t9-/m0/s1. The Morgan fingerprint density at radius 3 is 2.58 bits per heavy atom. The third-order valence-electron chi connectivity index (χ3n) is 2.32. The predicted octanol–water partition coefficient (Wildman–Crippen LogP) is 2.66. The van der Waals surface area contributed by atoms with Crippen LogP contribution >= 0.6 is 0 Å². The van der Waals surface area contributed by atoms with Gasteiger partial charge in [0.1, 0.15) is 6.10 Å². The number of cyclic esters (lactones) is 1. The van der Waals surface area contributed by atoms with Crippen molar-refractivity contribution in [2.24, 2.45) is 0 Å². The van der Waals surface area contributed by atoms with Crippen LogP contribution in [-0.2, 0) is 9.53 Å². The van der Waals surface area contributed by atoms with Gasteiger partial charge >= 0.3 is 5.97 Å². The molecule has 1 heterocycles. The monoisotopic (exact) mass is 170 g/mol. The average Bonchev–Trinajstić information content (AvgIpc) is 2.00. The summed E-state index contributed by atoms with van der Waals surface area (Å²) in [7, 11) is 0. The summed E-state index contributed by atoms with van der Waals surface area (Å²) < 4.78 is 4.91. The number of unbranched alkanes of at least 4 members (excludes halogenated alkanes) is 4. The molecular formula is C10H18O2. The maximum Gasteiger partial charge on any atom is 0.309 e. The molecule has 0 radical (unpaired) electrons. The summed E-state index contributed by atoms with van der Waals surface area (Å²) in [5.74, 6) is -0.0199. The predicted molar refractivity (Wildman–Crippen MR) is 47.9 cm³/mol. The second-order valence-corrected chi connectivity index (χ2v) is 3.52. The first-order valence-electron chi connectivity index (χ1n) is 5.02. The van der Waals surface area contributed by atoms with Crippen molar-refractivity contribution < 1.29 is 9.53 Å². The van der Waals surface area contributed by atoms with Gasteiger partial charge in [-0.3, -0.25) is 4.79 Å². The minimum atomic E-state index is -0.0199. The maximum atomic E-state index is 10.4. The number of carbonyl (C=O) groups excluding carboxylic acids is 1. The van der Waals surface area contributed by atoms with Gasteiger partial charge in [0, 0.05) is 0 Å². The smallest absolute Gasteiger partial charge is 0.309 e. The third-order valence-corrected chi connectivity index (χ3v) is 2.32. The summed E-state index contributed by atoms with van der Waals surface area (Å²) in [4.78, 5) is 10.4. The van der Waals surface area contributed by atoms with Gasteiger partial charge in [-0.2, -0.15) is 0 Å². The fourth-order valence-electron chi connectivity index (χ4n) is 1.50. The zero-order valence-corrected chi connectivity index (χ0v) is 7.84. The van der Waals surface area contributed by atoms with Crippen molar-refractivity contribution in [3.05, 3.63) is 0 Å². The lowest BCUT2D eigenvalue weighted by Crippen LogP contribution is -2.32. The van der Waals surface area contributed by atoms with Crippen LogP contribution in [0.3, 0.4) is 0 Å². The normalized spacial score (nSPS) is 21.8. The zero-order chi connectivity index (χ0) is 8.81. The fraction of sp³-hybridized carbons (Fsp3) is 0.900. The molecule has 0 aromatic carbocycles. The Hall–Kier alpha value is -0.530. The lowest BCUT2D eigenvalue weighted by molar-refractivity contribution is -0.169. The highest BCUT2D eigenvalue weighted by atomic mass is 16.6. The van der Waals surface area contributed by atoms with E-state index in [4.69, 9.17) is 4.74 Å². The largest absolute Gasteiger partial charge is 0.462 e. The van der Waals surface area contributed by atoms with Crippen LogP contribution in [0.4, 0.5) is 0 Å². The van der Waals surface area contributed by atoms with Gasteiger partial charge in [0.15, 0.2) is 0 Å². The molecule has 1 atom stereocenters. The van der Waals surface area contributed by atoms with Crippen molar-refractivity contribution in [3.63, 3.8) is 0 Å². The SMILES string of the molecule is CCCCCCC[C@H]1CC(=O)O1. The van der Waals surface area contributed by atoms with Crippen LogP contribution in [0, 0.1) is 0 Å². The van der Waals surface area contributed by atoms with E-state index in [1.807, 2.05) is 0 Å². The Morgan fingerprint density at radius 1 is 1.33 bits per heavy atom. The van der Waals surface area contributed by atoms with Gasteiger partial charge in [-0.1, -0.05) is 32.6 Å². The Morgan fingerprint density at radius 2 is 2.00 bits per heavy atom. The van der Waals surface area contributed by atoms with Gasteiger partial charge in [0.2, 0.25) is 0 Å². The van der Waals surface area contributed by atoms with Gasteiger partial charge in [0.25, 0.3) is 0 Å². The van der Waals surface area contributed by atoms with E-state index in [0.717, 1.165) is 6.42 Å². The van der Waals surface area contributed by atoms with Crippen molar-refractivity contribution in [1.82, 2.24) is 0 Å². The molecule has 0 bridgehead atoms. The maximum absolute atomic E-state index is 10.4. The Kier molecular flexibility index (Phi) is 4.12. The third kappa shape index (κ3) is 3.24. The Balaban J connectivity index is 1.80. The molecule has 1 aliphatic rings. The van der Waals surface area contributed by atoms with E-state index in [2.05, 4.69) is 6.92 Å². The summed E-state index contributed by atoms with van der Waals surface area (Å²) in [5.41, 5.74) is 0. The van der Waals surface area contributed by atoms with Gasteiger partial charge < -0.3 is 4.74 Å². The Labute approximate surface area is 74.3 Å². The van der Waals surface area contributed by atoms with Crippen LogP contribution in [0.5, 0.6) is 0 Å². The molecule has 70 valence electrons. The average molecular weight is 170 g/mol. The molecule has 0 aliphatic carbocycles. The molecule has 0 aromatic heterocycles. The van der Waals surface area contributed by atoms with Crippen molar-refractivity contribution in [3.8, 4) is 0 Å². The highest BCUT2D eigenvalue weighted by molar-refractivity contribution is 5.75. The summed E-state index contributed by atoms with van der Waals surface area (Å²) >= 11 is 0. The minimum absolute atomic E-state index is 0.0199. The van der Waals surface area contributed by atoms with E-state index in [9.17, 15) is 4.79 Å². The number of carbonyl (C=O) groups is 1. The topological polar surface area (TPSA) is 26.3 Å². The van der Waals surface area contributed by atoms with Crippen LogP contribution < -0.4 is 0 Å². The summed E-state index contributed by atoms with van der Waals surface area (Å²) in [6, 6.07) is 0. The lowest BCUT2D eigenvalue weighted by atomic mass is 10.0. The number of rotatable bonds is 6. The molecular weight excluding hydrogens is 152 g/mol. The molecule has 0 amide bonds. The quantitative estimate of drug-likeness (QED) is 0.452. The van der Waals surface area contributed by atoms with Crippen molar-refractivity contribution in [1.29, 1.82) is 0 Å². The van der Waals surface area contributed by atoms with Crippen LogP contribution in [0.25, 0.3) is 0 Å². The van der Waals surface area contributed by atoms with Crippen LogP contribution in [0.2, 0.25) is 0 Å². The molecule has 12 heavy (non-hydrogen) atoms. The summed E-state index contributed by atoms with van der Waals surface area (Å²) in [5, 5.41) is 0. The molecule has 2 heteroatoms. The summed E-state index contributed by atoms with van der Waals surface area (Å²) in [6.45, 7) is 2.22. The van der Waals surface area contributed by atoms with Gasteiger partial charge in [-0.05, 0) is 12.8 Å². The molecule has 0 spiro atoms. The molecule has 1 fully saturated rings. The van der Waals surface area contributed by atoms with E-state index >= 15 is 0 Å². The number of hydrogen-bond acceptors (Lipinski definition) is 2. The highest BCUT2D eigenvalue weighted by Gasteiger charge is 2.27. The number of ether oxygens (including phenoxy) is 1. The molecule has 1 rings (SSSR count). The molecule has 0 aromatic rings. The fourth-order valence-corrected chi connectivity index (χ4v) is 1.50. The second kappa shape index (κ2) is 5.18. The molecule has 0 N–H and O–H groups in total. The van der Waals surface area contributed by atoms with E-state index in [-0.39, 0.29) is 12.1 Å². The first-order chi connectivity index (χ1) is 5.83. The van der Waals surface area contributed by atoms with Crippen LogP contribution in [0.1, 0.15) is 51.9 Å². The highest BCUT2D eigenvalue weighted by Crippen LogP contribution is 2.19. The van der Waals surface area contributed by atoms with Crippen molar-refractivity contribution in [2.45, 2.75) is 58.0 Å². The first kappa shape index (κ1) is 9.56. The van der Waals surface area contributed by atoms with E-state index in [0.29, 0.717) is 6.42 Å². The minimum Gasteiger partial charge on any atom is -0.462 e.